The fraction of sp³-hybridized carbons (Fsp3) is 0.474. The Balaban J connectivity index is 2.08. The van der Waals surface area contributed by atoms with Crippen LogP contribution in [0.3, 0.4) is 0 Å². The summed E-state index contributed by atoms with van der Waals surface area (Å²) in [6.07, 6.45) is 2.42. The van der Waals surface area contributed by atoms with Crippen molar-refractivity contribution in [2.75, 3.05) is 0 Å². The first-order valence-electron chi connectivity index (χ1n) is 8.87. The van der Waals surface area contributed by atoms with E-state index < -0.39 is 21.0 Å². The zero-order valence-corrected chi connectivity index (χ0v) is 17.1. The summed E-state index contributed by atoms with van der Waals surface area (Å²) >= 11 is 1.45. The van der Waals surface area contributed by atoms with E-state index in [9.17, 15) is 13.2 Å². The smallest absolute Gasteiger partial charge is 0.238 e. The van der Waals surface area contributed by atoms with Crippen molar-refractivity contribution < 1.29 is 13.2 Å². The number of amides is 1. The van der Waals surface area contributed by atoms with Crippen LogP contribution in [0, 0.1) is 0 Å². The highest BCUT2D eigenvalue weighted by atomic mass is 32.2. The maximum atomic E-state index is 12.6. The van der Waals surface area contributed by atoms with Crippen LogP contribution in [0.1, 0.15) is 55.9 Å². The maximum absolute atomic E-state index is 12.6. The van der Waals surface area contributed by atoms with E-state index >= 15 is 0 Å². The number of carbonyl (C=O) groups is 1. The van der Waals surface area contributed by atoms with E-state index in [2.05, 4.69) is 10.3 Å². The molecule has 142 valence electrons. The van der Waals surface area contributed by atoms with Crippen molar-refractivity contribution in [2.24, 2.45) is 0 Å². The second kappa shape index (κ2) is 9.28. The molecule has 1 aromatic carbocycles. The van der Waals surface area contributed by atoms with Gasteiger partial charge in [0, 0.05) is 5.38 Å². The van der Waals surface area contributed by atoms with Crippen molar-refractivity contribution in [3.8, 4) is 0 Å². The van der Waals surface area contributed by atoms with Crippen molar-refractivity contribution in [3.63, 3.8) is 0 Å². The summed E-state index contributed by atoms with van der Waals surface area (Å²) in [5, 5.41) is 4.45. The summed E-state index contributed by atoms with van der Waals surface area (Å²) in [5.41, 5.74) is 1.50. The summed E-state index contributed by atoms with van der Waals surface area (Å²) < 4.78 is 25.2. The fourth-order valence-corrected chi connectivity index (χ4v) is 4.71. The van der Waals surface area contributed by atoms with Gasteiger partial charge in [-0.15, -0.1) is 11.3 Å². The number of carbonyl (C=O) groups excluding carboxylic acids is 1. The lowest BCUT2D eigenvalue weighted by atomic mass is 10.0. The Morgan fingerprint density at radius 3 is 2.50 bits per heavy atom. The standard InChI is InChI=1S/C19H26N2O3S2/c1-4-9-17(15-10-7-6-8-11-15)21-19(22)14(3)26(23,24)13-16-12-25-18(5-2)20-16/h6-8,10-12,14,17H,4-5,9,13H2,1-3H3,(H,21,22). The van der Waals surface area contributed by atoms with Gasteiger partial charge >= 0.3 is 0 Å². The lowest BCUT2D eigenvalue weighted by Crippen LogP contribution is -2.40. The Morgan fingerprint density at radius 1 is 1.23 bits per heavy atom. The van der Waals surface area contributed by atoms with Gasteiger partial charge in [-0.3, -0.25) is 4.79 Å². The Hall–Kier alpha value is -1.73. The second-order valence-corrected chi connectivity index (χ2v) is 9.56. The van der Waals surface area contributed by atoms with E-state index in [-0.39, 0.29) is 11.8 Å². The molecule has 1 amide bonds. The first-order valence-corrected chi connectivity index (χ1v) is 11.5. The van der Waals surface area contributed by atoms with Gasteiger partial charge in [0.1, 0.15) is 5.25 Å². The number of hydrogen-bond donors (Lipinski definition) is 1. The molecule has 7 heteroatoms. The van der Waals surface area contributed by atoms with Gasteiger partial charge in [-0.1, -0.05) is 50.6 Å². The summed E-state index contributed by atoms with van der Waals surface area (Å²) in [4.78, 5) is 16.9. The molecule has 26 heavy (non-hydrogen) atoms. The molecular formula is C19H26N2O3S2. The predicted molar refractivity (Wildman–Crippen MR) is 106 cm³/mol. The number of aromatic nitrogens is 1. The van der Waals surface area contributed by atoms with Gasteiger partial charge in [-0.25, -0.2) is 13.4 Å². The van der Waals surface area contributed by atoms with Gasteiger partial charge in [0.2, 0.25) is 5.91 Å². The molecule has 2 unspecified atom stereocenters. The number of nitrogens with one attached hydrogen (secondary N) is 1. The SMILES string of the molecule is CCCC(NC(=O)C(C)S(=O)(=O)Cc1csc(CC)n1)c1ccccc1. The Bertz CT molecular complexity index is 816. The molecule has 0 fully saturated rings. The molecule has 0 radical (unpaired) electrons. The van der Waals surface area contributed by atoms with Gasteiger partial charge in [0.05, 0.1) is 22.5 Å². The molecule has 2 rings (SSSR count). The Kier molecular flexibility index (Phi) is 7.34. The van der Waals surface area contributed by atoms with E-state index in [0.29, 0.717) is 5.69 Å². The van der Waals surface area contributed by atoms with Crippen LogP contribution in [0.4, 0.5) is 0 Å². The lowest BCUT2D eigenvalue weighted by Gasteiger charge is -2.21. The third-order valence-electron chi connectivity index (χ3n) is 4.25. The number of thiazole rings is 1. The monoisotopic (exact) mass is 394 g/mol. The highest BCUT2D eigenvalue weighted by Crippen LogP contribution is 2.20. The van der Waals surface area contributed by atoms with Crippen molar-refractivity contribution >= 4 is 27.1 Å². The number of nitrogens with zero attached hydrogens (tertiary/aromatic N) is 1. The largest absolute Gasteiger partial charge is 0.348 e. The van der Waals surface area contributed by atoms with Gasteiger partial charge in [0.25, 0.3) is 0 Å². The van der Waals surface area contributed by atoms with Gasteiger partial charge in [-0.2, -0.15) is 0 Å². The average Bonchev–Trinajstić information content (AvgIpc) is 3.08. The third-order valence-corrected chi connectivity index (χ3v) is 7.29. The number of rotatable bonds is 9. The number of aryl methyl sites for hydroxylation is 1. The Morgan fingerprint density at radius 2 is 1.92 bits per heavy atom. The summed E-state index contributed by atoms with van der Waals surface area (Å²) in [5.74, 6) is -0.666. The minimum atomic E-state index is -3.62. The molecule has 0 aliphatic heterocycles. The van der Waals surface area contributed by atoms with E-state index in [1.807, 2.05) is 44.2 Å². The van der Waals surface area contributed by atoms with Crippen molar-refractivity contribution in [1.82, 2.24) is 10.3 Å². The highest BCUT2D eigenvalue weighted by Gasteiger charge is 2.30. The van der Waals surface area contributed by atoms with Crippen molar-refractivity contribution in [2.45, 2.75) is 57.1 Å². The molecule has 0 spiro atoms. The zero-order chi connectivity index (χ0) is 19.2. The Labute approximate surface area is 159 Å². The zero-order valence-electron chi connectivity index (χ0n) is 15.4. The van der Waals surface area contributed by atoms with Gasteiger partial charge in [0.15, 0.2) is 9.84 Å². The molecule has 2 atom stereocenters. The molecule has 2 aromatic rings. The molecule has 0 saturated carbocycles. The lowest BCUT2D eigenvalue weighted by molar-refractivity contribution is -0.121. The molecule has 1 heterocycles. The van der Waals surface area contributed by atoms with Crippen LogP contribution in [-0.2, 0) is 26.8 Å². The first-order chi connectivity index (χ1) is 12.4. The number of sulfone groups is 1. The molecule has 1 N–H and O–H groups in total. The predicted octanol–water partition coefficient (Wildman–Crippen LogP) is 3.67. The normalized spacial score (nSPS) is 14.0. The minimum absolute atomic E-state index is 0.183. The summed E-state index contributed by atoms with van der Waals surface area (Å²) in [7, 11) is -3.62. The van der Waals surface area contributed by atoms with Crippen LogP contribution in [0.5, 0.6) is 0 Å². The van der Waals surface area contributed by atoms with E-state index in [1.165, 1.54) is 18.3 Å². The number of hydrogen-bond acceptors (Lipinski definition) is 5. The molecule has 1 aromatic heterocycles. The van der Waals surface area contributed by atoms with Crippen LogP contribution >= 0.6 is 11.3 Å². The van der Waals surface area contributed by atoms with Crippen LogP contribution in [0.2, 0.25) is 0 Å². The fourth-order valence-electron chi connectivity index (χ4n) is 2.66. The minimum Gasteiger partial charge on any atom is -0.348 e. The van der Waals surface area contributed by atoms with Crippen LogP contribution in [0.15, 0.2) is 35.7 Å². The molecule has 5 nitrogen and oxygen atoms in total. The van der Waals surface area contributed by atoms with Crippen LogP contribution < -0.4 is 5.32 Å². The van der Waals surface area contributed by atoms with Gasteiger partial charge in [-0.05, 0) is 25.3 Å². The van der Waals surface area contributed by atoms with Crippen LogP contribution in [-0.4, -0.2) is 24.6 Å². The van der Waals surface area contributed by atoms with Crippen molar-refractivity contribution in [1.29, 1.82) is 0 Å². The van der Waals surface area contributed by atoms with Crippen LogP contribution in [0.25, 0.3) is 0 Å². The molecule has 0 bridgehead atoms. The average molecular weight is 395 g/mol. The van der Waals surface area contributed by atoms with Gasteiger partial charge < -0.3 is 5.32 Å². The summed E-state index contributed by atoms with van der Waals surface area (Å²) in [6.45, 7) is 5.46. The third kappa shape index (κ3) is 5.38. The van der Waals surface area contributed by atoms with E-state index in [4.69, 9.17) is 0 Å². The molecule has 0 aliphatic rings. The van der Waals surface area contributed by atoms with E-state index in [0.717, 1.165) is 29.8 Å². The maximum Gasteiger partial charge on any atom is 0.238 e. The molecular weight excluding hydrogens is 368 g/mol. The topological polar surface area (TPSA) is 76.1 Å². The first kappa shape index (κ1) is 20.6. The molecule has 0 saturated heterocycles. The number of benzene rings is 1. The molecule has 0 aliphatic carbocycles. The second-order valence-electron chi connectivity index (χ2n) is 6.30. The quantitative estimate of drug-likeness (QED) is 0.704. The summed E-state index contributed by atoms with van der Waals surface area (Å²) in [6, 6.07) is 9.45. The van der Waals surface area contributed by atoms with Crippen molar-refractivity contribution in [3.05, 3.63) is 52.0 Å². The highest BCUT2D eigenvalue weighted by molar-refractivity contribution is 7.92. The van der Waals surface area contributed by atoms with E-state index in [1.54, 1.807) is 5.38 Å².